The smallest absolute Gasteiger partial charge is 0.387 e. The number of carbonyl (C=O) groups excluding carboxylic acids is 1. The van der Waals surface area contributed by atoms with Gasteiger partial charge < -0.3 is 19.6 Å². The summed E-state index contributed by atoms with van der Waals surface area (Å²) < 4.78 is 46.6. The van der Waals surface area contributed by atoms with E-state index in [1.807, 2.05) is 0 Å². The van der Waals surface area contributed by atoms with Crippen molar-refractivity contribution >= 4 is 12.1 Å². The number of hydrogen-bond donors (Lipinski definition) is 1. The second-order valence-corrected chi connectivity index (χ2v) is 5.20. The van der Waals surface area contributed by atoms with Crippen LogP contribution >= 0.6 is 0 Å². The molecule has 0 bridgehead atoms. The van der Waals surface area contributed by atoms with Gasteiger partial charge in [0.25, 0.3) is 5.91 Å². The van der Waals surface area contributed by atoms with E-state index in [1.54, 1.807) is 12.1 Å². The first-order valence-electron chi connectivity index (χ1n) is 7.77. The van der Waals surface area contributed by atoms with E-state index in [9.17, 15) is 18.0 Å². The number of nitrogens with one attached hydrogen (secondary N) is 1. The Balaban J connectivity index is 1.79. The van der Waals surface area contributed by atoms with Crippen LogP contribution in [-0.4, -0.2) is 32.4 Å². The molecule has 2 aromatic rings. The molecule has 27 heavy (non-hydrogen) atoms. The van der Waals surface area contributed by atoms with Crippen molar-refractivity contribution in [1.29, 1.82) is 0 Å². The molecule has 0 aromatic heterocycles. The minimum absolute atomic E-state index is 0.106. The molecule has 1 N–H and O–H groups in total. The maximum absolute atomic E-state index is 12.8. The molecular formula is C18H17F3N2O4. The van der Waals surface area contributed by atoms with Crippen LogP contribution in [0.1, 0.15) is 11.1 Å². The Morgan fingerprint density at radius 2 is 1.93 bits per heavy atom. The predicted molar refractivity (Wildman–Crippen MR) is 91.4 cm³/mol. The second-order valence-electron chi connectivity index (χ2n) is 5.20. The predicted octanol–water partition coefficient (Wildman–Crippen LogP) is 3.10. The zero-order valence-electron chi connectivity index (χ0n) is 14.3. The van der Waals surface area contributed by atoms with Crippen LogP contribution in [0.15, 0.2) is 47.6 Å². The van der Waals surface area contributed by atoms with E-state index in [0.717, 1.165) is 5.56 Å². The van der Waals surface area contributed by atoms with Crippen molar-refractivity contribution in [3.05, 3.63) is 59.4 Å². The van der Waals surface area contributed by atoms with Gasteiger partial charge in [-0.15, -0.1) is 0 Å². The molecular weight excluding hydrogens is 365 g/mol. The van der Waals surface area contributed by atoms with Crippen molar-refractivity contribution in [2.24, 2.45) is 5.16 Å². The Morgan fingerprint density at radius 3 is 2.59 bits per heavy atom. The van der Waals surface area contributed by atoms with Gasteiger partial charge in [0, 0.05) is 12.1 Å². The minimum Gasteiger partial charge on any atom is -0.493 e. The second kappa shape index (κ2) is 10.0. The molecule has 144 valence electrons. The fourth-order valence-corrected chi connectivity index (χ4v) is 2.01. The van der Waals surface area contributed by atoms with E-state index in [-0.39, 0.29) is 30.5 Å². The molecule has 0 unspecified atom stereocenters. The van der Waals surface area contributed by atoms with Gasteiger partial charge in [0.15, 0.2) is 18.1 Å². The van der Waals surface area contributed by atoms with Crippen LogP contribution < -0.4 is 14.8 Å². The SMILES string of the molecule is COc1cc(/C=N/OCC(=O)NCc2ccc(F)cc2)ccc1OC(F)F. The van der Waals surface area contributed by atoms with Crippen LogP contribution in [0, 0.1) is 5.82 Å². The first-order valence-corrected chi connectivity index (χ1v) is 7.77. The maximum Gasteiger partial charge on any atom is 0.387 e. The number of oxime groups is 1. The average molecular weight is 382 g/mol. The first-order chi connectivity index (χ1) is 13.0. The van der Waals surface area contributed by atoms with Gasteiger partial charge >= 0.3 is 6.61 Å². The van der Waals surface area contributed by atoms with Crippen molar-refractivity contribution < 1.29 is 32.3 Å². The molecule has 0 aliphatic heterocycles. The van der Waals surface area contributed by atoms with E-state index in [4.69, 9.17) is 9.57 Å². The number of alkyl halides is 2. The van der Waals surface area contributed by atoms with E-state index in [2.05, 4.69) is 15.2 Å². The van der Waals surface area contributed by atoms with Gasteiger partial charge in [-0.25, -0.2) is 4.39 Å². The third-order valence-corrected chi connectivity index (χ3v) is 3.28. The van der Waals surface area contributed by atoms with Crippen LogP contribution in [0.5, 0.6) is 11.5 Å². The van der Waals surface area contributed by atoms with Crippen molar-refractivity contribution in [3.8, 4) is 11.5 Å². The highest BCUT2D eigenvalue weighted by Crippen LogP contribution is 2.28. The van der Waals surface area contributed by atoms with Gasteiger partial charge in [0.05, 0.1) is 13.3 Å². The molecule has 0 fully saturated rings. The number of carbonyl (C=O) groups is 1. The Labute approximate surface area is 153 Å². The summed E-state index contributed by atoms with van der Waals surface area (Å²) >= 11 is 0. The quantitative estimate of drug-likeness (QED) is 0.535. The average Bonchev–Trinajstić information content (AvgIpc) is 2.65. The van der Waals surface area contributed by atoms with Crippen LogP contribution in [0.3, 0.4) is 0 Å². The lowest BCUT2D eigenvalue weighted by atomic mass is 10.2. The van der Waals surface area contributed by atoms with Crippen LogP contribution in [0.4, 0.5) is 13.2 Å². The summed E-state index contributed by atoms with van der Waals surface area (Å²) in [5.41, 5.74) is 1.24. The molecule has 2 rings (SSSR count). The van der Waals surface area contributed by atoms with Gasteiger partial charge in [-0.05, 0) is 35.9 Å². The molecule has 0 atom stereocenters. The number of ether oxygens (including phenoxy) is 2. The summed E-state index contributed by atoms with van der Waals surface area (Å²) in [7, 11) is 1.32. The van der Waals surface area contributed by atoms with Gasteiger partial charge in [-0.2, -0.15) is 8.78 Å². The molecule has 1 amide bonds. The largest absolute Gasteiger partial charge is 0.493 e. The number of hydrogen-bond acceptors (Lipinski definition) is 5. The van der Waals surface area contributed by atoms with Gasteiger partial charge in [-0.1, -0.05) is 17.3 Å². The summed E-state index contributed by atoms with van der Waals surface area (Å²) in [4.78, 5) is 16.5. The lowest BCUT2D eigenvalue weighted by Gasteiger charge is -2.09. The summed E-state index contributed by atoms with van der Waals surface area (Å²) in [5.74, 6) is -0.759. The number of nitrogens with zero attached hydrogens (tertiary/aromatic N) is 1. The highest BCUT2D eigenvalue weighted by molar-refractivity contribution is 5.81. The third kappa shape index (κ3) is 6.89. The highest BCUT2D eigenvalue weighted by atomic mass is 19.3. The zero-order valence-corrected chi connectivity index (χ0v) is 14.3. The topological polar surface area (TPSA) is 69.2 Å². The summed E-state index contributed by atoms with van der Waals surface area (Å²) in [6.07, 6.45) is 1.29. The molecule has 0 radical (unpaired) electrons. The van der Waals surface area contributed by atoms with Gasteiger partial charge in [-0.3, -0.25) is 4.79 Å². The fraction of sp³-hybridized carbons (Fsp3) is 0.222. The standard InChI is InChI=1S/C18H17F3N2O4/c1-25-16-8-13(4-7-15(16)27-18(20)21)10-23-26-11-17(24)22-9-12-2-5-14(19)6-3-12/h2-8,10,18H,9,11H2,1H3,(H,22,24)/b23-10+. The highest BCUT2D eigenvalue weighted by Gasteiger charge is 2.10. The van der Waals surface area contributed by atoms with Crippen molar-refractivity contribution in [2.45, 2.75) is 13.2 Å². The van der Waals surface area contributed by atoms with Crippen molar-refractivity contribution in [3.63, 3.8) is 0 Å². The molecule has 0 saturated carbocycles. The Hall–Kier alpha value is -3.23. The maximum atomic E-state index is 12.8. The van der Waals surface area contributed by atoms with Crippen LogP contribution in [0.2, 0.25) is 0 Å². The Morgan fingerprint density at radius 1 is 1.19 bits per heavy atom. The monoisotopic (exact) mass is 382 g/mol. The summed E-state index contributed by atoms with van der Waals surface area (Å²) in [6.45, 7) is -3.05. The summed E-state index contributed by atoms with van der Waals surface area (Å²) in [5, 5.41) is 6.23. The van der Waals surface area contributed by atoms with E-state index in [0.29, 0.717) is 5.56 Å². The molecule has 0 aliphatic carbocycles. The van der Waals surface area contributed by atoms with Gasteiger partial charge in [0.2, 0.25) is 0 Å². The molecule has 0 aliphatic rings. The molecule has 0 saturated heterocycles. The lowest BCUT2D eigenvalue weighted by Crippen LogP contribution is -2.26. The number of methoxy groups -OCH3 is 1. The van der Waals surface area contributed by atoms with Crippen LogP contribution in [-0.2, 0) is 16.2 Å². The number of amides is 1. The normalized spacial score (nSPS) is 10.9. The zero-order chi connectivity index (χ0) is 19.6. The fourth-order valence-electron chi connectivity index (χ4n) is 2.01. The van der Waals surface area contributed by atoms with E-state index >= 15 is 0 Å². The van der Waals surface area contributed by atoms with E-state index < -0.39 is 12.5 Å². The van der Waals surface area contributed by atoms with Crippen molar-refractivity contribution in [2.75, 3.05) is 13.7 Å². The Bertz CT molecular complexity index is 783. The number of benzene rings is 2. The van der Waals surface area contributed by atoms with Gasteiger partial charge in [0.1, 0.15) is 5.82 Å². The number of rotatable bonds is 9. The minimum atomic E-state index is -2.96. The molecule has 6 nitrogen and oxygen atoms in total. The summed E-state index contributed by atoms with van der Waals surface area (Å²) in [6, 6.07) is 9.93. The third-order valence-electron chi connectivity index (χ3n) is 3.28. The lowest BCUT2D eigenvalue weighted by molar-refractivity contribution is -0.125. The van der Waals surface area contributed by atoms with Crippen LogP contribution in [0.25, 0.3) is 0 Å². The molecule has 0 spiro atoms. The van der Waals surface area contributed by atoms with Crippen molar-refractivity contribution in [1.82, 2.24) is 5.32 Å². The molecule has 2 aromatic carbocycles. The number of halogens is 3. The first kappa shape index (κ1) is 20.1. The molecule has 9 heteroatoms. The molecule has 0 heterocycles. The Kier molecular flexibility index (Phi) is 7.48. The van der Waals surface area contributed by atoms with E-state index in [1.165, 1.54) is 43.7 Å².